The van der Waals surface area contributed by atoms with Crippen LogP contribution in [-0.4, -0.2) is 33.5 Å². The molecule has 5 nitrogen and oxygen atoms in total. The largest absolute Gasteiger partial charge is 1.00 e. The van der Waals surface area contributed by atoms with Crippen molar-refractivity contribution in [1.82, 2.24) is 0 Å². The molecular weight excluding hydrogens is 214 g/mol. The van der Waals surface area contributed by atoms with Gasteiger partial charge in [0.05, 0.1) is 0 Å². The van der Waals surface area contributed by atoms with E-state index in [0.29, 0.717) is 0 Å². The summed E-state index contributed by atoms with van der Waals surface area (Å²) in [5.41, 5.74) is 0.206. The quantitative estimate of drug-likeness (QED) is 0.288. The second-order valence-electron chi connectivity index (χ2n) is 1.93. The summed E-state index contributed by atoms with van der Waals surface area (Å²) in [6.45, 7) is 0. The monoisotopic (exact) mass is 222 g/mol. The fourth-order valence-corrected chi connectivity index (χ4v) is 0.526. The van der Waals surface area contributed by atoms with Crippen molar-refractivity contribution in [3.8, 4) is 0 Å². The van der Waals surface area contributed by atoms with E-state index in [9.17, 15) is 4.79 Å². The average molecular weight is 222 g/mol. The van der Waals surface area contributed by atoms with Crippen LogP contribution in [0.1, 0.15) is 10.4 Å². The van der Waals surface area contributed by atoms with Crippen LogP contribution in [0.5, 0.6) is 0 Å². The first kappa shape index (κ1) is 16.7. The van der Waals surface area contributed by atoms with E-state index >= 15 is 0 Å². The van der Waals surface area contributed by atoms with Crippen LogP contribution in [0.2, 0.25) is 0 Å². The van der Waals surface area contributed by atoms with E-state index in [1.807, 2.05) is 0 Å². The van der Waals surface area contributed by atoms with Crippen LogP contribution in [-0.2, 0) is 0 Å². The maximum atomic E-state index is 10.2. The normalized spacial score (nSPS) is 7.64. The van der Waals surface area contributed by atoms with E-state index in [-0.39, 0.29) is 56.9 Å². The molecule has 0 spiro atoms. The molecule has 1 rings (SSSR count). The van der Waals surface area contributed by atoms with Crippen molar-refractivity contribution in [3.05, 3.63) is 35.9 Å². The molecule has 0 aromatic heterocycles. The van der Waals surface area contributed by atoms with Gasteiger partial charge in [0.2, 0.25) is 5.97 Å². The number of carboxylic acids is 1. The molecule has 0 atom stereocenters. The van der Waals surface area contributed by atoms with E-state index in [1.54, 1.807) is 18.2 Å². The number of carbonyl (C=O) groups is 1. The molecule has 1 aromatic carbocycles. The Morgan fingerprint density at radius 1 is 1.29 bits per heavy atom. The molecule has 0 radical (unpaired) electrons. The SMILES string of the molecule is O=C(O)c1[c-]cccc1.OB(O)O.[K+]. The van der Waals surface area contributed by atoms with Gasteiger partial charge < -0.3 is 25.0 Å². The standard InChI is InChI=1S/C7H5O2.BH3O3.K/c8-7(9)6-4-2-1-3-5-6;2-1(3)4;/h1-4H,(H,8,9);2-4H;/q-1;;+1. The minimum atomic E-state index is -2.17. The van der Waals surface area contributed by atoms with Gasteiger partial charge in [-0.15, -0.1) is 30.3 Å². The van der Waals surface area contributed by atoms with E-state index < -0.39 is 13.3 Å². The average Bonchev–Trinajstić information content (AvgIpc) is 2.05. The first-order chi connectivity index (χ1) is 6.04. The molecular formula is C7H8BKO5. The zero-order valence-corrected chi connectivity index (χ0v) is 10.7. The van der Waals surface area contributed by atoms with Gasteiger partial charge in [0.1, 0.15) is 0 Å². The number of hydrogen-bond acceptors (Lipinski definition) is 4. The van der Waals surface area contributed by atoms with Gasteiger partial charge in [-0.25, -0.2) is 0 Å². The topological polar surface area (TPSA) is 98.0 Å². The first-order valence-electron chi connectivity index (χ1n) is 3.28. The number of rotatable bonds is 1. The molecule has 0 unspecified atom stereocenters. The Bertz CT molecular complexity index is 251. The molecule has 1 aromatic rings. The Hall–Kier alpha value is 0.271. The molecule has 70 valence electrons. The van der Waals surface area contributed by atoms with Gasteiger partial charge in [-0.3, -0.25) is 0 Å². The minimum Gasteiger partial charge on any atom is -0.521 e. The van der Waals surface area contributed by atoms with Gasteiger partial charge in [0.15, 0.2) is 0 Å². The van der Waals surface area contributed by atoms with Gasteiger partial charge in [-0.2, -0.15) is 0 Å². The van der Waals surface area contributed by atoms with Gasteiger partial charge in [-0.05, 0) is 0 Å². The molecule has 4 N–H and O–H groups in total. The van der Waals surface area contributed by atoms with Crippen LogP contribution in [0.15, 0.2) is 24.3 Å². The van der Waals surface area contributed by atoms with Crippen LogP contribution in [0, 0.1) is 6.07 Å². The Kier molecular flexibility index (Phi) is 11.7. The number of hydrogen-bond donors (Lipinski definition) is 4. The fraction of sp³-hybridized carbons (Fsp3) is 0. The maximum absolute atomic E-state index is 10.2. The molecule has 0 aliphatic heterocycles. The zero-order valence-electron chi connectivity index (χ0n) is 7.58. The van der Waals surface area contributed by atoms with Crippen molar-refractivity contribution in [2.45, 2.75) is 0 Å². The van der Waals surface area contributed by atoms with Gasteiger partial charge in [-0.1, -0.05) is 5.56 Å². The molecule has 0 saturated heterocycles. The van der Waals surface area contributed by atoms with Crippen LogP contribution in [0.4, 0.5) is 0 Å². The first-order valence-corrected chi connectivity index (χ1v) is 3.28. The molecule has 7 heteroatoms. The van der Waals surface area contributed by atoms with Gasteiger partial charge >= 0.3 is 58.7 Å². The molecule has 0 aliphatic rings. The van der Waals surface area contributed by atoms with Gasteiger partial charge in [0.25, 0.3) is 0 Å². The maximum Gasteiger partial charge on any atom is 1.00 e. The summed E-state index contributed by atoms with van der Waals surface area (Å²) in [4.78, 5) is 10.2. The second kappa shape index (κ2) is 9.81. The summed E-state index contributed by atoms with van der Waals surface area (Å²) in [5, 5.41) is 29.9. The molecule has 0 fully saturated rings. The van der Waals surface area contributed by atoms with Crippen LogP contribution in [0.3, 0.4) is 0 Å². The summed E-state index contributed by atoms with van der Waals surface area (Å²) in [7, 11) is -2.17. The Balaban J connectivity index is 0. The third-order valence-corrected chi connectivity index (χ3v) is 0.939. The van der Waals surface area contributed by atoms with Crippen molar-refractivity contribution < 1.29 is 76.4 Å². The smallest absolute Gasteiger partial charge is 0.521 e. The Labute approximate surface area is 124 Å². The van der Waals surface area contributed by atoms with E-state index in [2.05, 4.69) is 6.07 Å². The Morgan fingerprint density at radius 2 is 1.79 bits per heavy atom. The van der Waals surface area contributed by atoms with Crippen molar-refractivity contribution in [2.75, 3.05) is 0 Å². The molecule has 0 aliphatic carbocycles. The predicted octanol–water partition coefficient (Wildman–Crippen LogP) is -3.86. The van der Waals surface area contributed by atoms with E-state index in [0.717, 1.165) is 0 Å². The molecule has 0 amide bonds. The molecule has 0 heterocycles. The number of carboxylic acid groups (broad SMARTS) is 1. The third-order valence-electron chi connectivity index (χ3n) is 0.939. The van der Waals surface area contributed by atoms with Crippen molar-refractivity contribution in [3.63, 3.8) is 0 Å². The van der Waals surface area contributed by atoms with Crippen LogP contribution >= 0.6 is 0 Å². The summed E-state index contributed by atoms with van der Waals surface area (Å²) >= 11 is 0. The summed E-state index contributed by atoms with van der Waals surface area (Å²) < 4.78 is 0. The predicted molar refractivity (Wildman–Crippen MR) is 44.6 cm³/mol. The molecule has 0 bridgehead atoms. The summed E-state index contributed by atoms with van der Waals surface area (Å²) in [6.07, 6.45) is 0. The molecule has 0 saturated carbocycles. The second-order valence-corrected chi connectivity index (χ2v) is 1.93. The molecule has 14 heavy (non-hydrogen) atoms. The van der Waals surface area contributed by atoms with Crippen LogP contribution in [0.25, 0.3) is 0 Å². The van der Waals surface area contributed by atoms with Crippen molar-refractivity contribution >= 4 is 13.3 Å². The van der Waals surface area contributed by atoms with Crippen molar-refractivity contribution in [2.24, 2.45) is 0 Å². The Morgan fingerprint density at radius 3 is 2.00 bits per heavy atom. The third kappa shape index (κ3) is 10.4. The fourth-order valence-electron chi connectivity index (χ4n) is 0.526. The van der Waals surface area contributed by atoms with Crippen molar-refractivity contribution in [1.29, 1.82) is 0 Å². The van der Waals surface area contributed by atoms with E-state index in [4.69, 9.17) is 20.2 Å². The van der Waals surface area contributed by atoms with Crippen LogP contribution < -0.4 is 51.4 Å². The zero-order chi connectivity index (χ0) is 10.3. The number of aromatic carboxylic acids is 1. The van der Waals surface area contributed by atoms with E-state index in [1.165, 1.54) is 6.07 Å². The van der Waals surface area contributed by atoms with Gasteiger partial charge in [0, 0.05) is 0 Å². The minimum absolute atomic E-state index is 0. The summed E-state index contributed by atoms with van der Waals surface area (Å²) in [5.74, 6) is -0.935. The summed E-state index contributed by atoms with van der Waals surface area (Å²) in [6, 6.07) is 9.04. The number of benzene rings is 1.